The van der Waals surface area contributed by atoms with Crippen molar-refractivity contribution in [2.24, 2.45) is 0 Å². The normalized spacial score (nSPS) is 14.1. The van der Waals surface area contributed by atoms with Gasteiger partial charge < -0.3 is 0 Å². The van der Waals surface area contributed by atoms with Crippen molar-refractivity contribution >= 4 is 34.6 Å². The van der Waals surface area contributed by atoms with Crippen molar-refractivity contribution in [1.82, 2.24) is 0 Å². The summed E-state index contributed by atoms with van der Waals surface area (Å²) in [6.45, 7) is 0. The van der Waals surface area contributed by atoms with Gasteiger partial charge in [0.05, 0.1) is 0 Å². The lowest BCUT2D eigenvalue weighted by Gasteiger charge is -2.14. The SMILES string of the molecule is C1=Cc2c(ccc3ccccc23)/C(=C/c2ccccc2)c2ccccc21. The van der Waals surface area contributed by atoms with Crippen LogP contribution in [0, 0.1) is 0 Å². The molecule has 0 fully saturated rings. The average Bonchev–Trinajstić information content (AvgIpc) is 2.86. The number of hydrogen-bond acceptors (Lipinski definition) is 0. The van der Waals surface area contributed by atoms with Gasteiger partial charge in [-0.2, -0.15) is 0 Å². The highest BCUT2D eigenvalue weighted by molar-refractivity contribution is 6.06. The highest BCUT2D eigenvalue weighted by Crippen LogP contribution is 2.38. The fraction of sp³-hybridized carbons (Fsp3) is 0. The van der Waals surface area contributed by atoms with E-state index in [0.29, 0.717) is 0 Å². The van der Waals surface area contributed by atoms with E-state index in [1.807, 2.05) is 0 Å². The molecule has 0 spiro atoms. The van der Waals surface area contributed by atoms with Crippen LogP contribution in [0.5, 0.6) is 0 Å². The summed E-state index contributed by atoms with van der Waals surface area (Å²) in [5, 5.41) is 2.58. The molecule has 1 aliphatic carbocycles. The van der Waals surface area contributed by atoms with Gasteiger partial charge in [0.25, 0.3) is 0 Å². The summed E-state index contributed by atoms with van der Waals surface area (Å²) in [7, 11) is 0. The van der Waals surface area contributed by atoms with Crippen molar-refractivity contribution in [2.45, 2.75) is 0 Å². The Labute approximate surface area is 153 Å². The van der Waals surface area contributed by atoms with E-state index in [0.717, 1.165) is 0 Å². The molecule has 0 heterocycles. The van der Waals surface area contributed by atoms with Crippen molar-refractivity contribution in [3.8, 4) is 0 Å². The van der Waals surface area contributed by atoms with Crippen molar-refractivity contribution < 1.29 is 0 Å². The van der Waals surface area contributed by atoms with Crippen molar-refractivity contribution in [2.75, 3.05) is 0 Å². The highest BCUT2D eigenvalue weighted by atomic mass is 14.2. The zero-order valence-corrected chi connectivity index (χ0v) is 14.4. The Bertz CT molecular complexity index is 1160. The van der Waals surface area contributed by atoms with Gasteiger partial charge in [0.2, 0.25) is 0 Å². The van der Waals surface area contributed by atoms with Crippen LogP contribution in [0.1, 0.15) is 27.8 Å². The van der Waals surface area contributed by atoms with Crippen molar-refractivity contribution in [1.29, 1.82) is 0 Å². The molecule has 0 radical (unpaired) electrons. The van der Waals surface area contributed by atoms with Gasteiger partial charge >= 0.3 is 0 Å². The lowest BCUT2D eigenvalue weighted by Crippen LogP contribution is -1.93. The third kappa shape index (κ3) is 2.48. The predicted octanol–water partition coefficient (Wildman–Crippen LogP) is 6.91. The van der Waals surface area contributed by atoms with Gasteiger partial charge in [-0.3, -0.25) is 0 Å². The largest absolute Gasteiger partial charge is 0.0622 e. The Kier molecular flexibility index (Phi) is 3.54. The van der Waals surface area contributed by atoms with E-state index in [1.165, 1.54) is 44.2 Å². The third-order valence-electron chi connectivity index (χ3n) is 5.05. The molecule has 0 aliphatic heterocycles. The smallest absolute Gasteiger partial charge is 0.00932 e. The lowest BCUT2D eigenvalue weighted by molar-refractivity contribution is 1.55. The topological polar surface area (TPSA) is 0 Å². The van der Waals surface area contributed by atoms with E-state index in [9.17, 15) is 0 Å². The molecule has 4 aromatic carbocycles. The molecule has 1 aliphatic rings. The number of benzene rings is 4. The van der Waals surface area contributed by atoms with E-state index in [4.69, 9.17) is 0 Å². The van der Waals surface area contributed by atoms with Crippen LogP contribution in [0.3, 0.4) is 0 Å². The molecule has 0 atom stereocenters. The second-order valence-electron chi connectivity index (χ2n) is 6.64. The minimum atomic E-state index is 1.22. The molecule has 0 amide bonds. The van der Waals surface area contributed by atoms with E-state index >= 15 is 0 Å². The maximum atomic E-state index is 2.30. The molecule has 0 unspecified atom stereocenters. The first kappa shape index (κ1) is 14.9. The molecular weight excluding hydrogens is 312 g/mol. The van der Waals surface area contributed by atoms with Crippen LogP contribution in [-0.4, -0.2) is 0 Å². The fourth-order valence-corrected chi connectivity index (χ4v) is 3.79. The van der Waals surface area contributed by atoms with Crippen LogP contribution in [0.2, 0.25) is 0 Å². The summed E-state index contributed by atoms with van der Waals surface area (Å²) in [5.74, 6) is 0. The third-order valence-corrected chi connectivity index (χ3v) is 5.05. The van der Waals surface area contributed by atoms with Crippen LogP contribution < -0.4 is 0 Å². The van der Waals surface area contributed by atoms with Crippen molar-refractivity contribution in [3.05, 3.63) is 119 Å². The van der Waals surface area contributed by atoms with Gasteiger partial charge in [0.15, 0.2) is 0 Å². The number of rotatable bonds is 1. The molecule has 122 valence electrons. The van der Waals surface area contributed by atoms with Crippen LogP contribution in [-0.2, 0) is 0 Å². The summed E-state index contributed by atoms with van der Waals surface area (Å²) >= 11 is 0. The first-order valence-corrected chi connectivity index (χ1v) is 8.96. The minimum Gasteiger partial charge on any atom is -0.0622 e. The van der Waals surface area contributed by atoms with Gasteiger partial charge in [-0.15, -0.1) is 0 Å². The molecule has 5 rings (SSSR count). The molecule has 0 bridgehead atoms. The first-order chi connectivity index (χ1) is 12.9. The van der Waals surface area contributed by atoms with Crippen LogP contribution in [0.4, 0.5) is 0 Å². The Balaban J connectivity index is 1.86. The quantitative estimate of drug-likeness (QED) is 0.313. The molecule has 0 saturated carbocycles. The average molecular weight is 330 g/mol. The Hall–Kier alpha value is -3.38. The van der Waals surface area contributed by atoms with Crippen LogP contribution >= 0.6 is 0 Å². The highest BCUT2D eigenvalue weighted by Gasteiger charge is 2.16. The molecule has 0 heteroatoms. The van der Waals surface area contributed by atoms with E-state index in [1.54, 1.807) is 0 Å². The predicted molar refractivity (Wildman–Crippen MR) is 113 cm³/mol. The Morgan fingerprint density at radius 1 is 0.538 bits per heavy atom. The minimum absolute atomic E-state index is 1.22. The van der Waals surface area contributed by atoms with Gasteiger partial charge in [-0.05, 0) is 50.2 Å². The van der Waals surface area contributed by atoms with E-state index in [-0.39, 0.29) is 0 Å². The summed E-state index contributed by atoms with van der Waals surface area (Å²) in [4.78, 5) is 0. The Morgan fingerprint density at radius 2 is 1.31 bits per heavy atom. The molecule has 4 aromatic rings. The van der Waals surface area contributed by atoms with Crippen molar-refractivity contribution in [3.63, 3.8) is 0 Å². The second kappa shape index (κ2) is 6.16. The maximum absolute atomic E-state index is 2.30. The Morgan fingerprint density at radius 3 is 2.23 bits per heavy atom. The zero-order valence-electron chi connectivity index (χ0n) is 14.4. The monoisotopic (exact) mass is 330 g/mol. The number of hydrogen-bond donors (Lipinski definition) is 0. The fourth-order valence-electron chi connectivity index (χ4n) is 3.79. The molecule has 0 aromatic heterocycles. The summed E-state index contributed by atoms with van der Waals surface area (Å²) in [6.07, 6.45) is 6.81. The van der Waals surface area contributed by atoms with E-state index in [2.05, 4.69) is 109 Å². The van der Waals surface area contributed by atoms with E-state index < -0.39 is 0 Å². The van der Waals surface area contributed by atoms with Gasteiger partial charge in [-0.1, -0.05) is 103 Å². The maximum Gasteiger partial charge on any atom is -0.00932 e. The molecule has 0 nitrogen and oxygen atoms in total. The van der Waals surface area contributed by atoms with Gasteiger partial charge in [-0.25, -0.2) is 0 Å². The summed E-state index contributed by atoms with van der Waals surface area (Å²) < 4.78 is 0. The van der Waals surface area contributed by atoms with Gasteiger partial charge in [0.1, 0.15) is 0 Å². The second-order valence-corrected chi connectivity index (χ2v) is 6.64. The van der Waals surface area contributed by atoms with Crippen LogP contribution in [0.15, 0.2) is 91.0 Å². The lowest BCUT2D eigenvalue weighted by atomic mass is 9.90. The number of fused-ring (bicyclic) bond motifs is 4. The molecule has 0 saturated heterocycles. The molecule has 26 heavy (non-hydrogen) atoms. The standard InChI is InChI=1S/C26H18/c1-2-8-19(9-3-1)18-26-23-13-7-5-11-21(23)14-16-24-22-12-6-4-10-20(22)15-17-25(24)26/h1-18H/b26-18+. The first-order valence-electron chi connectivity index (χ1n) is 8.96. The molecular formula is C26H18. The van der Waals surface area contributed by atoms with Gasteiger partial charge in [0, 0.05) is 0 Å². The summed E-state index contributed by atoms with van der Waals surface area (Å²) in [5.41, 5.74) is 7.61. The zero-order chi connectivity index (χ0) is 17.3. The molecule has 0 N–H and O–H groups in total. The summed E-state index contributed by atoms with van der Waals surface area (Å²) in [6, 6.07) is 32.3. The van der Waals surface area contributed by atoms with Crippen LogP contribution in [0.25, 0.3) is 34.6 Å².